The van der Waals surface area contributed by atoms with Gasteiger partial charge in [0.15, 0.2) is 5.78 Å². The number of aromatic hydroxyl groups is 1. The lowest BCUT2D eigenvalue weighted by molar-refractivity contribution is -0.126. The van der Waals surface area contributed by atoms with Crippen LogP contribution in [0.1, 0.15) is 6.92 Å². The van der Waals surface area contributed by atoms with Gasteiger partial charge in [0, 0.05) is 5.69 Å². The normalized spacial score (nSPS) is 12.7. The van der Waals surface area contributed by atoms with E-state index in [1.54, 1.807) is 30.3 Å². The zero-order chi connectivity index (χ0) is 19.3. The molecule has 10 heteroatoms. The second-order valence-electron chi connectivity index (χ2n) is 5.21. The smallest absolute Gasteiger partial charge is 0.294 e. The minimum absolute atomic E-state index is 0.320. The number of anilines is 1. The minimum atomic E-state index is -4.51. The van der Waals surface area contributed by atoms with Crippen molar-refractivity contribution in [2.75, 3.05) is 5.32 Å². The molecule has 0 radical (unpaired) electrons. The van der Waals surface area contributed by atoms with Crippen molar-refractivity contribution >= 4 is 33.2 Å². The number of phenols is 1. The molecule has 0 heterocycles. The highest BCUT2D eigenvalue weighted by Crippen LogP contribution is 2.29. The Labute approximate surface area is 149 Å². The summed E-state index contributed by atoms with van der Waals surface area (Å²) in [6.07, 6.45) is 0. The van der Waals surface area contributed by atoms with Gasteiger partial charge in [-0.15, -0.1) is 0 Å². The molecule has 26 heavy (non-hydrogen) atoms. The van der Waals surface area contributed by atoms with Gasteiger partial charge < -0.3 is 10.4 Å². The topological polar surface area (TPSA) is 145 Å². The molecule has 0 aliphatic carbocycles. The largest absolute Gasteiger partial charge is 0.506 e. The van der Waals surface area contributed by atoms with Gasteiger partial charge in [-0.3, -0.25) is 14.1 Å². The highest BCUT2D eigenvalue weighted by molar-refractivity contribution is 7.85. The molecule has 0 bridgehead atoms. The second kappa shape index (κ2) is 7.85. The highest BCUT2D eigenvalue weighted by atomic mass is 32.2. The molecule has 1 unspecified atom stereocenters. The molecule has 0 aliphatic rings. The van der Waals surface area contributed by atoms with Gasteiger partial charge in [0.05, 0.1) is 4.90 Å². The van der Waals surface area contributed by atoms with Crippen molar-refractivity contribution in [3.8, 4) is 5.75 Å². The molecule has 0 spiro atoms. The summed E-state index contributed by atoms with van der Waals surface area (Å²) in [6.45, 7) is 1.14. The molecule has 2 rings (SSSR count). The number of phenolic OH excluding ortho intramolecular Hbond substituents is 1. The van der Waals surface area contributed by atoms with E-state index in [0.29, 0.717) is 5.69 Å². The van der Waals surface area contributed by atoms with E-state index < -0.39 is 38.5 Å². The van der Waals surface area contributed by atoms with Crippen molar-refractivity contribution in [1.82, 2.24) is 0 Å². The molecule has 1 atom stereocenters. The summed E-state index contributed by atoms with van der Waals surface area (Å²) in [6, 6.07) is 9.70. The predicted molar refractivity (Wildman–Crippen MR) is 92.0 cm³/mol. The molecule has 0 fully saturated rings. The Bertz CT molecular complexity index is 957. The summed E-state index contributed by atoms with van der Waals surface area (Å²) in [5.74, 6) is -1.78. The van der Waals surface area contributed by atoms with Crippen molar-refractivity contribution in [3.05, 3.63) is 48.5 Å². The lowest BCUT2D eigenvalue weighted by Crippen LogP contribution is -2.31. The van der Waals surface area contributed by atoms with Crippen LogP contribution in [0.3, 0.4) is 0 Å². The number of hydrogen-bond donors (Lipinski definition) is 3. The average Bonchev–Trinajstić information content (AvgIpc) is 2.56. The van der Waals surface area contributed by atoms with Crippen molar-refractivity contribution in [1.29, 1.82) is 0 Å². The number of hydrogen-bond acceptors (Lipinski definition) is 7. The van der Waals surface area contributed by atoms with Crippen LogP contribution in [0.4, 0.5) is 11.4 Å². The second-order valence-corrected chi connectivity index (χ2v) is 6.63. The van der Waals surface area contributed by atoms with Gasteiger partial charge in [0.2, 0.25) is 6.04 Å². The minimum Gasteiger partial charge on any atom is -0.506 e. The third-order valence-corrected chi connectivity index (χ3v) is 4.05. The first-order chi connectivity index (χ1) is 12.2. The SMILES string of the molecule is CC(=O)C(/N=N/c1cc(S(=O)(=O)O)ccc1O)C(=O)Nc1ccccc1. The summed E-state index contributed by atoms with van der Waals surface area (Å²) in [4.78, 5) is 23.4. The summed E-state index contributed by atoms with van der Waals surface area (Å²) in [5, 5.41) is 19.4. The first-order valence-electron chi connectivity index (χ1n) is 7.26. The van der Waals surface area contributed by atoms with Crippen molar-refractivity contribution in [2.24, 2.45) is 10.2 Å². The number of benzene rings is 2. The molecule has 2 aromatic rings. The van der Waals surface area contributed by atoms with Gasteiger partial charge in [-0.2, -0.15) is 18.6 Å². The first-order valence-corrected chi connectivity index (χ1v) is 8.70. The van der Waals surface area contributed by atoms with E-state index in [9.17, 15) is 23.1 Å². The van der Waals surface area contributed by atoms with E-state index in [2.05, 4.69) is 15.5 Å². The van der Waals surface area contributed by atoms with E-state index in [-0.39, 0.29) is 5.69 Å². The highest BCUT2D eigenvalue weighted by Gasteiger charge is 2.23. The zero-order valence-electron chi connectivity index (χ0n) is 13.5. The maximum Gasteiger partial charge on any atom is 0.294 e. The van der Waals surface area contributed by atoms with Crippen LogP contribution in [-0.2, 0) is 19.7 Å². The van der Waals surface area contributed by atoms with Gasteiger partial charge >= 0.3 is 0 Å². The van der Waals surface area contributed by atoms with E-state index >= 15 is 0 Å². The van der Waals surface area contributed by atoms with Crippen molar-refractivity contribution in [3.63, 3.8) is 0 Å². The molecule has 1 amide bonds. The van der Waals surface area contributed by atoms with Gasteiger partial charge in [-0.05, 0) is 37.3 Å². The monoisotopic (exact) mass is 377 g/mol. The molecule has 3 N–H and O–H groups in total. The molecule has 0 aromatic heterocycles. The molecule has 9 nitrogen and oxygen atoms in total. The third kappa shape index (κ3) is 4.94. The molecule has 136 valence electrons. The van der Waals surface area contributed by atoms with Crippen molar-refractivity contribution in [2.45, 2.75) is 17.9 Å². The van der Waals surface area contributed by atoms with Crippen LogP contribution < -0.4 is 5.32 Å². The Kier molecular flexibility index (Phi) is 5.80. The molecule has 0 aliphatic heterocycles. The average molecular weight is 377 g/mol. The number of ketones is 1. The van der Waals surface area contributed by atoms with Crippen LogP contribution in [0.15, 0.2) is 63.7 Å². The molecule has 2 aromatic carbocycles. The summed E-state index contributed by atoms with van der Waals surface area (Å²) in [7, 11) is -4.51. The van der Waals surface area contributed by atoms with Gasteiger partial charge in [0.25, 0.3) is 16.0 Å². The van der Waals surface area contributed by atoms with Crippen LogP contribution in [0.25, 0.3) is 0 Å². The molecular weight excluding hydrogens is 362 g/mol. The first kappa shape index (κ1) is 19.2. The Morgan fingerprint density at radius 1 is 1.12 bits per heavy atom. The van der Waals surface area contributed by atoms with E-state index in [4.69, 9.17) is 4.55 Å². The number of amides is 1. The quantitative estimate of drug-likeness (QED) is 0.400. The van der Waals surface area contributed by atoms with Crippen molar-refractivity contribution < 1.29 is 27.7 Å². The molecule has 0 saturated carbocycles. The van der Waals surface area contributed by atoms with E-state index in [1.807, 2.05) is 0 Å². The summed E-state index contributed by atoms with van der Waals surface area (Å²) < 4.78 is 31.3. The zero-order valence-corrected chi connectivity index (χ0v) is 14.3. The van der Waals surface area contributed by atoms with Crippen LogP contribution in [0.2, 0.25) is 0 Å². The maximum atomic E-state index is 12.2. The number of para-hydroxylation sites is 1. The molecular formula is C16H15N3O6S. The number of azo groups is 1. The lowest BCUT2D eigenvalue weighted by atomic mass is 10.2. The fourth-order valence-corrected chi connectivity index (χ4v) is 2.41. The standard InChI is InChI=1S/C16H15N3O6S/c1-10(20)15(16(22)17-11-5-3-2-4-6-11)19-18-13-9-12(26(23,24)25)7-8-14(13)21/h2-9,15,21H,1H3,(H,17,22)(H,23,24,25)/b19-18+. The van der Waals surface area contributed by atoms with Gasteiger partial charge in [-0.25, -0.2) is 0 Å². The van der Waals surface area contributed by atoms with Crippen LogP contribution in [-0.4, -0.2) is 35.8 Å². The summed E-state index contributed by atoms with van der Waals surface area (Å²) >= 11 is 0. The maximum absolute atomic E-state index is 12.2. The summed E-state index contributed by atoms with van der Waals surface area (Å²) in [5.41, 5.74) is 0.133. The lowest BCUT2D eigenvalue weighted by Gasteiger charge is -2.09. The van der Waals surface area contributed by atoms with Crippen LogP contribution in [0.5, 0.6) is 5.75 Å². The Hall–Kier alpha value is -3.11. The Morgan fingerprint density at radius 3 is 2.35 bits per heavy atom. The number of Topliss-reactive ketones (excluding diaryl/α,β-unsaturated/α-hetero) is 1. The van der Waals surface area contributed by atoms with Crippen LogP contribution >= 0.6 is 0 Å². The fourth-order valence-electron chi connectivity index (χ4n) is 1.91. The van der Waals surface area contributed by atoms with Crippen LogP contribution in [0, 0.1) is 0 Å². The number of carbonyl (C=O) groups is 2. The number of nitrogens with one attached hydrogen (secondary N) is 1. The third-order valence-electron chi connectivity index (χ3n) is 3.20. The Balaban J connectivity index is 2.27. The van der Waals surface area contributed by atoms with Gasteiger partial charge in [-0.1, -0.05) is 18.2 Å². The number of nitrogens with zero attached hydrogens (tertiary/aromatic N) is 2. The number of rotatable bonds is 6. The predicted octanol–water partition coefficient (Wildman–Crippen LogP) is 2.32. The number of carbonyl (C=O) groups excluding carboxylic acids is 2. The van der Waals surface area contributed by atoms with Gasteiger partial charge in [0.1, 0.15) is 11.4 Å². The fraction of sp³-hybridized carbons (Fsp3) is 0.125. The molecule has 0 saturated heterocycles. The Morgan fingerprint density at radius 2 is 1.77 bits per heavy atom. The van der Waals surface area contributed by atoms with E-state index in [1.165, 1.54) is 0 Å². The van der Waals surface area contributed by atoms with E-state index in [0.717, 1.165) is 25.1 Å².